The molecular weight excluding hydrogens is 220 g/mol. The average Bonchev–Trinajstić information content (AvgIpc) is 2.23. The van der Waals surface area contributed by atoms with E-state index in [0.717, 1.165) is 19.3 Å². The van der Waals surface area contributed by atoms with Gasteiger partial charge in [-0.05, 0) is 12.8 Å². The van der Waals surface area contributed by atoms with Gasteiger partial charge in [0.25, 0.3) is 0 Å². The monoisotopic (exact) mass is 244 g/mol. The minimum atomic E-state index is -0.856. The van der Waals surface area contributed by atoms with Crippen molar-refractivity contribution in [3.8, 4) is 0 Å². The first-order chi connectivity index (χ1) is 8.01. The standard InChI is InChI=1S/C12H24N2O3/c1-3-5-9(12(16)17)8-14-11(15)7-10(13)6-4-2/h9-10H,3-8,13H2,1-2H3,(H,14,15)(H,16,17). The van der Waals surface area contributed by atoms with Crippen molar-refractivity contribution in [2.45, 2.75) is 52.0 Å². The molecule has 0 saturated carbocycles. The van der Waals surface area contributed by atoms with Crippen molar-refractivity contribution in [1.29, 1.82) is 0 Å². The minimum Gasteiger partial charge on any atom is -0.481 e. The van der Waals surface area contributed by atoms with Crippen LogP contribution in [-0.2, 0) is 9.59 Å². The lowest BCUT2D eigenvalue weighted by Crippen LogP contribution is -2.36. The van der Waals surface area contributed by atoms with Crippen LogP contribution in [0.3, 0.4) is 0 Å². The van der Waals surface area contributed by atoms with E-state index in [0.29, 0.717) is 6.42 Å². The first-order valence-corrected chi connectivity index (χ1v) is 6.26. The molecule has 0 aromatic heterocycles. The predicted molar refractivity (Wildman–Crippen MR) is 66.5 cm³/mol. The summed E-state index contributed by atoms with van der Waals surface area (Å²) < 4.78 is 0. The molecule has 0 aliphatic heterocycles. The molecule has 0 bridgehead atoms. The van der Waals surface area contributed by atoms with E-state index in [1.807, 2.05) is 13.8 Å². The summed E-state index contributed by atoms with van der Waals surface area (Å²) in [5, 5.41) is 11.5. The Morgan fingerprint density at radius 3 is 2.29 bits per heavy atom. The average molecular weight is 244 g/mol. The van der Waals surface area contributed by atoms with Gasteiger partial charge in [-0.25, -0.2) is 0 Å². The number of carboxylic acids is 1. The van der Waals surface area contributed by atoms with Gasteiger partial charge in [-0.15, -0.1) is 0 Å². The first kappa shape index (κ1) is 15.9. The Labute approximate surface area is 103 Å². The van der Waals surface area contributed by atoms with Crippen molar-refractivity contribution >= 4 is 11.9 Å². The van der Waals surface area contributed by atoms with Crippen LogP contribution >= 0.6 is 0 Å². The maximum Gasteiger partial charge on any atom is 0.308 e. The summed E-state index contributed by atoms with van der Waals surface area (Å²) in [6.07, 6.45) is 3.40. The van der Waals surface area contributed by atoms with Crippen LogP contribution in [0.2, 0.25) is 0 Å². The molecule has 0 spiro atoms. The number of amides is 1. The quantitative estimate of drug-likeness (QED) is 0.566. The number of rotatable bonds is 9. The molecule has 0 rings (SSSR count). The fourth-order valence-corrected chi connectivity index (χ4v) is 1.68. The number of nitrogens with two attached hydrogens (primary N) is 1. The molecule has 2 unspecified atom stereocenters. The van der Waals surface area contributed by atoms with Gasteiger partial charge in [0.2, 0.25) is 5.91 Å². The Morgan fingerprint density at radius 1 is 1.24 bits per heavy atom. The highest BCUT2D eigenvalue weighted by Gasteiger charge is 2.17. The first-order valence-electron chi connectivity index (χ1n) is 6.26. The SMILES string of the molecule is CCCC(N)CC(=O)NCC(CCC)C(=O)O. The summed E-state index contributed by atoms with van der Waals surface area (Å²) in [6, 6.07) is -0.130. The van der Waals surface area contributed by atoms with Gasteiger partial charge in [-0.2, -0.15) is 0 Å². The number of hydrogen-bond donors (Lipinski definition) is 3. The van der Waals surface area contributed by atoms with Crippen LogP contribution in [0.1, 0.15) is 46.0 Å². The summed E-state index contributed by atoms with van der Waals surface area (Å²) in [5.41, 5.74) is 5.73. The molecule has 0 fully saturated rings. The van der Waals surface area contributed by atoms with Crippen LogP contribution in [0.15, 0.2) is 0 Å². The van der Waals surface area contributed by atoms with E-state index in [1.54, 1.807) is 0 Å². The second kappa shape index (κ2) is 8.98. The van der Waals surface area contributed by atoms with Crippen LogP contribution in [0.5, 0.6) is 0 Å². The van der Waals surface area contributed by atoms with Crippen molar-refractivity contribution in [3.05, 3.63) is 0 Å². The summed E-state index contributed by atoms with van der Waals surface area (Å²) in [7, 11) is 0. The number of carbonyl (C=O) groups excluding carboxylic acids is 1. The summed E-state index contributed by atoms with van der Waals surface area (Å²) in [4.78, 5) is 22.3. The van der Waals surface area contributed by atoms with Gasteiger partial charge in [-0.3, -0.25) is 9.59 Å². The third-order valence-corrected chi connectivity index (χ3v) is 2.64. The molecule has 5 nitrogen and oxygen atoms in total. The number of hydrogen-bond acceptors (Lipinski definition) is 3. The normalized spacial score (nSPS) is 14.1. The molecule has 5 heteroatoms. The molecule has 100 valence electrons. The molecule has 0 aromatic rings. The number of carboxylic acid groups (broad SMARTS) is 1. The molecule has 0 aromatic carbocycles. The Hall–Kier alpha value is -1.10. The second-order valence-electron chi connectivity index (χ2n) is 4.38. The summed E-state index contributed by atoms with van der Waals surface area (Å²) in [6.45, 7) is 4.13. The lowest BCUT2D eigenvalue weighted by molar-refractivity contribution is -0.141. The van der Waals surface area contributed by atoms with Crippen molar-refractivity contribution in [1.82, 2.24) is 5.32 Å². The van der Waals surface area contributed by atoms with E-state index >= 15 is 0 Å². The number of carbonyl (C=O) groups is 2. The minimum absolute atomic E-state index is 0.130. The highest BCUT2D eigenvalue weighted by Crippen LogP contribution is 2.05. The second-order valence-corrected chi connectivity index (χ2v) is 4.38. The molecule has 0 radical (unpaired) electrons. The van der Waals surface area contributed by atoms with Crippen molar-refractivity contribution in [3.63, 3.8) is 0 Å². The fraction of sp³-hybridized carbons (Fsp3) is 0.833. The molecule has 1 amide bonds. The molecule has 0 aliphatic carbocycles. The molecule has 4 N–H and O–H groups in total. The van der Waals surface area contributed by atoms with Crippen LogP contribution in [-0.4, -0.2) is 29.6 Å². The Balaban J connectivity index is 3.91. The van der Waals surface area contributed by atoms with E-state index in [1.165, 1.54) is 0 Å². The zero-order valence-electron chi connectivity index (χ0n) is 10.7. The van der Waals surface area contributed by atoms with Gasteiger partial charge in [0, 0.05) is 19.0 Å². The fourth-order valence-electron chi connectivity index (χ4n) is 1.68. The highest BCUT2D eigenvalue weighted by atomic mass is 16.4. The molecule has 0 heterocycles. The largest absolute Gasteiger partial charge is 0.481 e. The molecule has 17 heavy (non-hydrogen) atoms. The van der Waals surface area contributed by atoms with Gasteiger partial charge in [0.05, 0.1) is 5.92 Å². The molecular formula is C12H24N2O3. The van der Waals surface area contributed by atoms with Gasteiger partial charge < -0.3 is 16.2 Å². The molecule has 0 saturated heterocycles. The van der Waals surface area contributed by atoms with Gasteiger partial charge in [0.15, 0.2) is 0 Å². The maximum atomic E-state index is 11.5. The zero-order valence-corrected chi connectivity index (χ0v) is 10.7. The Bertz CT molecular complexity index is 244. The van der Waals surface area contributed by atoms with Crippen molar-refractivity contribution in [2.75, 3.05) is 6.54 Å². The smallest absolute Gasteiger partial charge is 0.308 e. The highest BCUT2D eigenvalue weighted by molar-refractivity contribution is 5.77. The Kier molecular flexibility index (Phi) is 8.40. The molecule has 0 aliphatic rings. The van der Waals surface area contributed by atoms with Crippen LogP contribution in [0, 0.1) is 5.92 Å². The van der Waals surface area contributed by atoms with E-state index in [2.05, 4.69) is 5.32 Å². The lowest BCUT2D eigenvalue weighted by Gasteiger charge is -2.14. The zero-order chi connectivity index (χ0) is 13.3. The maximum absolute atomic E-state index is 11.5. The van der Waals surface area contributed by atoms with Crippen molar-refractivity contribution < 1.29 is 14.7 Å². The summed E-state index contributed by atoms with van der Waals surface area (Å²) >= 11 is 0. The third-order valence-electron chi connectivity index (χ3n) is 2.64. The van der Waals surface area contributed by atoms with Gasteiger partial charge in [0.1, 0.15) is 0 Å². The van der Waals surface area contributed by atoms with E-state index < -0.39 is 11.9 Å². The predicted octanol–water partition coefficient (Wildman–Crippen LogP) is 1.12. The van der Waals surface area contributed by atoms with Crippen molar-refractivity contribution in [2.24, 2.45) is 11.7 Å². The molecule has 2 atom stereocenters. The lowest BCUT2D eigenvalue weighted by atomic mass is 10.0. The van der Waals surface area contributed by atoms with E-state index in [4.69, 9.17) is 10.8 Å². The van der Waals surface area contributed by atoms with E-state index in [9.17, 15) is 9.59 Å². The van der Waals surface area contributed by atoms with Crippen LogP contribution < -0.4 is 11.1 Å². The van der Waals surface area contributed by atoms with E-state index in [-0.39, 0.29) is 24.9 Å². The van der Waals surface area contributed by atoms with Crippen LogP contribution in [0.4, 0.5) is 0 Å². The third kappa shape index (κ3) is 7.74. The Morgan fingerprint density at radius 2 is 1.82 bits per heavy atom. The van der Waals surface area contributed by atoms with Gasteiger partial charge in [-0.1, -0.05) is 26.7 Å². The number of aliphatic carboxylic acids is 1. The topological polar surface area (TPSA) is 92.4 Å². The summed E-state index contributed by atoms with van der Waals surface area (Å²) in [5.74, 6) is -1.51. The number of nitrogens with one attached hydrogen (secondary N) is 1. The van der Waals surface area contributed by atoms with Crippen LogP contribution in [0.25, 0.3) is 0 Å². The van der Waals surface area contributed by atoms with Gasteiger partial charge >= 0.3 is 5.97 Å².